The number of ether oxygens (including phenoxy) is 1. The summed E-state index contributed by atoms with van der Waals surface area (Å²) in [6.45, 7) is 6.00. The van der Waals surface area contributed by atoms with E-state index in [1.165, 1.54) is 10.9 Å². The normalized spacial score (nSPS) is 15.1. The van der Waals surface area contributed by atoms with Crippen molar-refractivity contribution in [2.24, 2.45) is 5.92 Å². The first kappa shape index (κ1) is 26.0. The maximum Gasteiger partial charge on any atom is 0.263 e. The molecule has 2 aromatic carbocycles. The summed E-state index contributed by atoms with van der Waals surface area (Å²) in [5, 5.41) is 12.1. The van der Waals surface area contributed by atoms with Crippen LogP contribution in [-0.4, -0.2) is 55.0 Å². The number of hydrogen-bond acceptors (Lipinski definition) is 7. The van der Waals surface area contributed by atoms with Crippen molar-refractivity contribution < 1.29 is 14.3 Å². The fourth-order valence-electron chi connectivity index (χ4n) is 5.02. The standard InChI is InChI=1S/C29H28N8O4/c1-16-6-5-7-23(18(16)3)36-26-22(14-30-36)28(40)33-29(32-26)37-24(12-17(2)34-37)31-27(39)19-13-25(38)35(15-19)20-8-10-21(41-4)11-9-20/h5-12,14,19H,13,15H2,1-4H3,(H,31,39)(H,32,33,40). The molecule has 41 heavy (non-hydrogen) atoms. The second-order valence-corrected chi connectivity index (χ2v) is 10.1. The van der Waals surface area contributed by atoms with Gasteiger partial charge in [-0.05, 0) is 62.2 Å². The van der Waals surface area contributed by atoms with E-state index in [2.05, 4.69) is 20.5 Å². The molecule has 1 unspecified atom stereocenters. The summed E-state index contributed by atoms with van der Waals surface area (Å²) < 4.78 is 8.20. The van der Waals surface area contributed by atoms with Crippen LogP contribution in [0.1, 0.15) is 23.2 Å². The Morgan fingerprint density at radius 2 is 1.85 bits per heavy atom. The van der Waals surface area contributed by atoms with E-state index < -0.39 is 5.92 Å². The van der Waals surface area contributed by atoms with Crippen LogP contribution < -0.4 is 20.5 Å². The van der Waals surface area contributed by atoms with E-state index in [-0.39, 0.29) is 36.3 Å². The lowest BCUT2D eigenvalue weighted by atomic mass is 10.1. The fourth-order valence-corrected chi connectivity index (χ4v) is 5.02. The number of carbonyl (C=O) groups excluding carboxylic acids is 2. The number of anilines is 2. The van der Waals surface area contributed by atoms with Crippen LogP contribution in [0.2, 0.25) is 0 Å². The van der Waals surface area contributed by atoms with Crippen molar-refractivity contribution in [3.63, 3.8) is 0 Å². The molecule has 1 saturated heterocycles. The summed E-state index contributed by atoms with van der Waals surface area (Å²) in [5.41, 5.74) is 4.18. The number of aromatic amines is 1. The van der Waals surface area contributed by atoms with Gasteiger partial charge in [-0.15, -0.1) is 0 Å². The third kappa shape index (κ3) is 4.62. The van der Waals surface area contributed by atoms with Gasteiger partial charge in [0.1, 0.15) is 17.0 Å². The van der Waals surface area contributed by atoms with E-state index in [0.717, 1.165) is 16.8 Å². The third-order valence-electron chi connectivity index (χ3n) is 7.39. The van der Waals surface area contributed by atoms with Crippen molar-refractivity contribution in [1.29, 1.82) is 0 Å². The molecule has 2 N–H and O–H groups in total. The molecule has 12 nitrogen and oxygen atoms in total. The Morgan fingerprint density at radius 3 is 2.61 bits per heavy atom. The Morgan fingerprint density at radius 1 is 1.07 bits per heavy atom. The minimum Gasteiger partial charge on any atom is -0.497 e. The van der Waals surface area contributed by atoms with Gasteiger partial charge in [0.15, 0.2) is 5.65 Å². The number of rotatable bonds is 6. The highest BCUT2D eigenvalue weighted by Gasteiger charge is 2.35. The third-order valence-corrected chi connectivity index (χ3v) is 7.39. The van der Waals surface area contributed by atoms with Gasteiger partial charge in [-0.1, -0.05) is 12.1 Å². The largest absolute Gasteiger partial charge is 0.497 e. The molecule has 0 saturated carbocycles. The Balaban J connectivity index is 1.30. The van der Waals surface area contributed by atoms with Gasteiger partial charge in [0.2, 0.25) is 17.8 Å². The van der Waals surface area contributed by atoms with Crippen LogP contribution >= 0.6 is 0 Å². The lowest BCUT2D eigenvalue weighted by Gasteiger charge is -2.17. The Kier molecular flexibility index (Phi) is 6.37. The van der Waals surface area contributed by atoms with Crippen molar-refractivity contribution in [2.75, 3.05) is 23.9 Å². The van der Waals surface area contributed by atoms with Crippen LogP contribution in [-0.2, 0) is 9.59 Å². The van der Waals surface area contributed by atoms with Crippen molar-refractivity contribution in [3.8, 4) is 17.4 Å². The second-order valence-electron chi connectivity index (χ2n) is 10.1. The van der Waals surface area contributed by atoms with E-state index >= 15 is 0 Å². The summed E-state index contributed by atoms with van der Waals surface area (Å²) >= 11 is 0. The number of methoxy groups -OCH3 is 1. The summed E-state index contributed by atoms with van der Waals surface area (Å²) in [4.78, 5) is 48.2. The SMILES string of the molecule is COc1ccc(N2CC(C(=O)Nc3cc(C)nn3-c3nc4c(cnn4-c4cccc(C)c4C)c(=O)[nH]3)CC2=O)cc1. The summed E-state index contributed by atoms with van der Waals surface area (Å²) in [5.74, 6) is 0.0766. The van der Waals surface area contributed by atoms with Crippen LogP contribution in [0.4, 0.5) is 11.5 Å². The van der Waals surface area contributed by atoms with Gasteiger partial charge in [0, 0.05) is 24.7 Å². The quantitative estimate of drug-likeness (QED) is 0.330. The van der Waals surface area contributed by atoms with E-state index in [1.54, 1.807) is 53.9 Å². The fraction of sp³-hybridized carbons (Fsp3) is 0.241. The van der Waals surface area contributed by atoms with Gasteiger partial charge in [0.25, 0.3) is 5.56 Å². The van der Waals surface area contributed by atoms with Crippen LogP contribution in [0.5, 0.6) is 5.75 Å². The summed E-state index contributed by atoms with van der Waals surface area (Å²) in [7, 11) is 1.57. The summed E-state index contributed by atoms with van der Waals surface area (Å²) in [6, 6.07) is 14.6. The number of H-pyrrole nitrogens is 1. The predicted molar refractivity (Wildman–Crippen MR) is 153 cm³/mol. The first-order valence-electron chi connectivity index (χ1n) is 13.1. The maximum atomic E-state index is 13.3. The average molecular weight is 553 g/mol. The van der Waals surface area contributed by atoms with Gasteiger partial charge in [-0.3, -0.25) is 19.4 Å². The summed E-state index contributed by atoms with van der Waals surface area (Å²) in [6.07, 6.45) is 1.55. The van der Waals surface area contributed by atoms with E-state index in [0.29, 0.717) is 34.0 Å². The number of nitrogens with zero attached hydrogens (tertiary/aromatic N) is 6. The van der Waals surface area contributed by atoms with Gasteiger partial charge in [-0.2, -0.15) is 19.9 Å². The zero-order valence-electron chi connectivity index (χ0n) is 23.0. The number of amides is 2. The van der Waals surface area contributed by atoms with Gasteiger partial charge >= 0.3 is 0 Å². The molecule has 6 rings (SSSR count). The molecule has 0 spiro atoms. The molecule has 2 amide bonds. The monoisotopic (exact) mass is 552 g/mol. The maximum absolute atomic E-state index is 13.3. The first-order valence-corrected chi connectivity index (χ1v) is 13.1. The number of benzene rings is 2. The van der Waals surface area contributed by atoms with Crippen molar-refractivity contribution >= 4 is 34.4 Å². The highest BCUT2D eigenvalue weighted by atomic mass is 16.5. The smallest absolute Gasteiger partial charge is 0.263 e. The number of aromatic nitrogens is 6. The van der Waals surface area contributed by atoms with Gasteiger partial charge in [-0.25, -0.2) is 4.68 Å². The topological polar surface area (TPSA) is 140 Å². The van der Waals surface area contributed by atoms with E-state index in [1.807, 2.05) is 32.0 Å². The Bertz CT molecular complexity index is 1870. The number of hydrogen-bond donors (Lipinski definition) is 2. The van der Waals surface area contributed by atoms with E-state index in [4.69, 9.17) is 9.72 Å². The number of fused-ring (bicyclic) bond motifs is 1. The number of nitrogens with one attached hydrogen (secondary N) is 2. The molecule has 1 aliphatic rings. The number of carbonyl (C=O) groups is 2. The first-order chi connectivity index (χ1) is 19.7. The van der Waals surface area contributed by atoms with Crippen LogP contribution in [0.25, 0.3) is 22.7 Å². The molecule has 208 valence electrons. The molecule has 1 fully saturated rings. The van der Waals surface area contributed by atoms with Gasteiger partial charge in [0.05, 0.1) is 30.6 Å². The van der Waals surface area contributed by atoms with Crippen molar-refractivity contribution in [2.45, 2.75) is 27.2 Å². The molecule has 4 heterocycles. The lowest BCUT2D eigenvalue weighted by molar-refractivity contribution is -0.122. The molecule has 0 aliphatic carbocycles. The average Bonchev–Trinajstić information content (AvgIpc) is 3.67. The lowest BCUT2D eigenvalue weighted by Crippen LogP contribution is -2.28. The van der Waals surface area contributed by atoms with Crippen molar-refractivity contribution in [3.05, 3.63) is 81.9 Å². The molecule has 12 heteroatoms. The highest BCUT2D eigenvalue weighted by molar-refractivity contribution is 6.03. The van der Waals surface area contributed by atoms with Gasteiger partial charge < -0.3 is 15.0 Å². The second kappa shape index (κ2) is 10.0. The highest BCUT2D eigenvalue weighted by Crippen LogP contribution is 2.28. The molecule has 0 bridgehead atoms. The molecule has 1 atom stereocenters. The van der Waals surface area contributed by atoms with Crippen LogP contribution in [0, 0.1) is 26.7 Å². The van der Waals surface area contributed by atoms with Crippen LogP contribution in [0.3, 0.4) is 0 Å². The molecule has 0 radical (unpaired) electrons. The van der Waals surface area contributed by atoms with E-state index in [9.17, 15) is 14.4 Å². The zero-order valence-corrected chi connectivity index (χ0v) is 23.0. The van der Waals surface area contributed by atoms with Crippen molar-refractivity contribution in [1.82, 2.24) is 29.5 Å². The molecular formula is C29H28N8O4. The molecular weight excluding hydrogens is 524 g/mol. The molecule has 3 aromatic heterocycles. The predicted octanol–water partition coefficient (Wildman–Crippen LogP) is 3.22. The Hall–Kier alpha value is -5.26. The van der Waals surface area contributed by atoms with Crippen LogP contribution in [0.15, 0.2) is 59.5 Å². The molecule has 1 aliphatic heterocycles. The zero-order chi connectivity index (χ0) is 28.8. The molecule has 5 aromatic rings. The Labute approximate surface area is 234 Å². The minimum atomic E-state index is -0.575. The minimum absolute atomic E-state index is 0.0705. The number of aryl methyl sites for hydroxylation is 2.